The normalized spacial score (nSPS) is 15.2. The smallest absolute Gasteiger partial charge is 0.260 e. The fourth-order valence-corrected chi connectivity index (χ4v) is 3.74. The average Bonchev–Trinajstić information content (AvgIpc) is 3.23. The van der Waals surface area contributed by atoms with Gasteiger partial charge >= 0.3 is 0 Å². The van der Waals surface area contributed by atoms with Crippen LogP contribution >= 0.6 is 0 Å². The zero-order chi connectivity index (χ0) is 17.2. The van der Waals surface area contributed by atoms with Crippen molar-refractivity contribution in [2.75, 3.05) is 18.0 Å². The molecule has 1 N–H and O–H groups in total. The molecule has 2 aromatic rings. The summed E-state index contributed by atoms with van der Waals surface area (Å²) in [7, 11) is -3.68. The molecule has 0 atom stereocenters. The Morgan fingerprint density at radius 3 is 2.67 bits per heavy atom. The molecule has 0 unspecified atom stereocenters. The molecule has 1 saturated heterocycles. The highest BCUT2D eigenvalue weighted by atomic mass is 32.2. The summed E-state index contributed by atoms with van der Waals surface area (Å²) in [6.45, 7) is 6.41. The first kappa shape index (κ1) is 16.8. The number of nitrogens with one attached hydrogen (secondary N) is 1. The van der Waals surface area contributed by atoms with Crippen molar-refractivity contribution in [3.8, 4) is 0 Å². The first-order valence-electron chi connectivity index (χ1n) is 8.10. The van der Waals surface area contributed by atoms with Crippen LogP contribution in [0.3, 0.4) is 0 Å². The van der Waals surface area contributed by atoms with Crippen molar-refractivity contribution in [1.82, 2.24) is 24.2 Å². The summed E-state index contributed by atoms with van der Waals surface area (Å²) in [6, 6.07) is 1.86. The number of rotatable bonds is 6. The summed E-state index contributed by atoms with van der Waals surface area (Å²) >= 11 is 0. The molecule has 3 rings (SSSR count). The molecule has 0 radical (unpaired) electrons. The Hall–Kier alpha value is -2.00. The quantitative estimate of drug-likeness (QED) is 0.838. The van der Waals surface area contributed by atoms with E-state index in [9.17, 15) is 8.42 Å². The molecule has 130 valence electrons. The van der Waals surface area contributed by atoms with E-state index in [2.05, 4.69) is 24.6 Å². The number of nitrogens with zero attached hydrogens (tertiary/aromatic N) is 5. The van der Waals surface area contributed by atoms with Gasteiger partial charge in [-0.2, -0.15) is 0 Å². The van der Waals surface area contributed by atoms with Crippen LogP contribution in [0.2, 0.25) is 0 Å². The first-order valence-corrected chi connectivity index (χ1v) is 9.58. The Balaban J connectivity index is 1.71. The van der Waals surface area contributed by atoms with Gasteiger partial charge in [0, 0.05) is 32.0 Å². The monoisotopic (exact) mass is 350 g/mol. The molecule has 0 bridgehead atoms. The lowest BCUT2D eigenvalue weighted by molar-refractivity contribution is 0.575. The lowest BCUT2D eigenvalue weighted by Crippen LogP contribution is -2.25. The van der Waals surface area contributed by atoms with Crippen molar-refractivity contribution in [2.24, 2.45) is 0 Å². The van der Waals surface area contributed by atoms with E-state index in [0.29, 0.717) is 18.2 Å². The van der Waals surface area contributed by atoms with Crippen LogP contribution in [-0.4, -0.2) is 41.0 Å². The molecule has 1 aliphatic rings. The number of anilines is 1. The van der Waals surface area contributed by atoms with Gasteiger partial charge in [-0.1, -0.05) is 0 Å². The average molecular weight is 350 g/mol. The van der Waals surface area contributed by atoms with Gasteiger partial charge in [0.15, 0.2) is 5.03 Å². The van der Waals surface area contributed by atoms with Gasteiger partial charge < -0.3 is 9.47 Å². The summed E-state index contributed by atoms with van der Waals surface area (Å²) in [6.07, 6.45) is 5.52. The standard InChI is InChI=1S/C15H22N6O2S/c1-3-20-11-15(18-12(20)2)24(22,23)17-10-13-16-7-6-14(19-13)21-8-4-5-9-21/h6-7,11,17H,3-5,8-10H2,1-2H3. The molecule has 0 spiro atoms. The highest BCUT2D eigenvalue weighted by Crippen LogP contribution is 2.17. The van der Waals surface area contributed by atoms with Crippen molar-refractivity contribution in [3.63, 3.8) is 0 Å². The zero-order valence-corrected chi connectivity index (χ0v) is 14.8. The molecule has 0 aromatic carbocycles. The van der Waals surface area contributed by atoms with Crippen LogP contribution in [0.1, 0.15) is 31.4 Å². The Kier molecular flexibility index (Phi) is 4.81. The maximum Gasteiger partial charge on any atom is 0.260 e. The van der Waals surface area contributed by atoms with E-state index >= 15 is 0 Å². The van der Waals surface area contributed by atoms with Gasteiger partial charge in [0.25, 0.3) is 10.0 Å². The third-order valence-electron chi connectivity index (χ3n) is 4.11. The van der Waals surface area contributed by atoms with E-state index in [1.165, 1.54) is 0 Å². The van der Waals surface area contributed by atoms with Gasteiger partial charge in [0.05, 0.1) is 6.54 Å². The first-order chi connectivity index (χ1) is 11.5. The molecule has 24 heavy (non-hydrogen) atoms. The molecular formula is C15H22N6O2S. The summed E-state index contributed by atoms with van der Waals surface area (Å²) < 4.78 is 29.1. The van der Waals surface area contributed by atoms with Crippen molar-refractivity contribution >= 4 is 15.8 Å². The number of aromatic nitrogens is 4. The number of hydrogen-bond donors (Lipinski definition) is 1. The van der Waals surface area contributed by atoms with Crippen LogP contribution < -0.4 is 9.62 Å². The molecule has 2 aromatic heterocycles. The minimum Gasteiger partial charge on any atom is -0.357 e. The van der Waals surface area contributed by atoms with Gasteiger partial charge in [0.1, 0.15) is 17.5 Å². The van der Waals surface area contributed by atoms with Crippen LogP contribution in [-0.2, 0) is 23.1 Å². The summed E-state index contributed by atoms with van der Waals surface area (Å²) in [5.74, 6) is 1.97. The second-order valence-electron chi connectivity index (χ2n) is 5.76. The molecule has 8 nitrogen and oxygen atoms in total. The Morgan fingerprint density at radius 1 is 1.25 bits per heavy atom. The number of aryl methyl sites for hydroxylation is 2. The molecule has 0 amide bonds. The summed E-state index contributed by atoms with van der Waals surface area (Å²) in [5.41, 5.74) is 0. The van der Waals surface area contributed by atoms with Crippen LogP contribution in [0.4, 0.5) is 5.82 Å². The van der Waals surface area contributed by atoms with Crippen LogP contribution in [0.25, 0.3) is 0 Å². The lowest BCUT2D eigenvalue weighted by Gasteiger charge is -2.16. The largest absolute Gasteiger partial charge is 0.357 e. The zero-order valence-electron chi connectivity index (χ0n) is 13.9. The maximum atomic E-state index is 12.4. The van der Waals surface area contributed by atoms with Crippen LogP contribution in [0, 0.1) is 6.92 Å². The van der Waals surface area contributed by atoms with Gasteiger partial charge in [-0.15, -0.1) is 0 Å². The molecule has 0 aliphatic carbocycles. The van der Waals surface area contributed by atoms with Crippen molar-refractivity contribution in [3.05, 3.63) is 30.1 Å². The SMILES string of the molecule is CCn1cc(S(=O)(=O)NCc2nccc(N3CCCC3)n2)nc1C. The van der Waals surface area contributed by atoms with Crippen LogP contribution in [0.5, 0.6) is 0 Å². The van der Waals surface area contributed by atoms with E-state index in [4.69, 9.17) is 0 Å². The Bertz CT molecular complexity index is 811. The lowest BCUT2D eigenvalue weighted by atomic mass is 10.4. The molecular weight excluding hydrogens is 328 g/mol. The van der Waals surface area contributed by atoms with Crippen LogP contribution in [0.15, 0.2) is 23.5 Å². The van der Waals surface area contributed by atoms with E-state index in [0.717, 1.165) is 31.7 Å². The van der Waals surface area contributed by atoms with Crippen molar-refractivity contribution < 1.29 is 8.42 Å². The molecule has 0 saturated carbocycles. The summed E-state index contributed by atoms with van der Waals surface area (Å²) in [5, 5.41) is 0.0255. The van der Waals surface area contributed by atoms with E-state index in [1.807, 2.05) is 13.0 Å². The highest BCUT2D eigenvalue weighted by molar-refractivity contribution is 7.89. The van der Waals surface area contributed by atoms with Crippen molar-refractivity contribution in [1.29, 1.82) is 0 Å². The maximum absolute atomic E-state index is 12.4. The predicted octanol–water partition coefficient (Wildman–Crippen LogP) is 1.08. The fourth-order valence-electron chi connectivity index (χ4n) is 2.76. The topological polar surface area (TPSA) is 93.0 Å². The number of sulfonamides is 1. The predicted molar refractivity (Wildman–Crippen MR) is 90.1 cm³/mol. The summed E-state index contributed by atoms with van der Waals surface area (Å²) in [4.78, 5) is 14.9. The highest BCUT2D eigenvalue weighted by Gasteiger charge is 2.20. The second kappa shape index (κ2) is 6.86. The Morgan fingerprint density at radius 2 is 2.00 bits per heavy atom. The fraction of sp³-hybridized carbons (Fsp3) is 0.533. The second-order valence-corrected chi connectivity index (χ2v) is 7.48. The number of imidazole rings is 1. The Labute approximate surface area is 142 Å². The minimum absolute atomic E-state index is 0.0255. The van der Waals surface area contributed by atoms with Gasteiger partial charge in [-0.05, 0) is 32.8 Å². The minimum atomic E-state index is -3.68. The molecule has 3 heterocycles. The van der Waals surface area contributed by atoms with Gasteiger partial charge in [0.2, 0.25) is 0 Å². The van der Waals surface area contributed by atoms with E-state index in [1.54, 1.807) is 23.9 Å². The molecule has 1 fully saturated rings. The number of hydrogen-bond acceptors (Lipinski definition) is 6. The molecule has 1 aliphatic heterocycles. The third-order valence-corrected chi connectivity index (χ3v) is 5.38. The van der Waals surface area contributed by atoms with Crippen molar-refractivity contribution in [2.45, 2.75) is 44.8 Å². The van der Waals surface area contributed by atoms with Gasteiger partial charge in [-0.3, -0.25) is 0 Å². The molecule has 9 heteroatoms. The van der Waals surface area contributed by atoms with E-state index in [-0.39, 0.29) is 11.6 Å². The van der Waals surface area contributed by atoms with Gasteiger partial charge in [-0.25, -0.2) is 28.1 Å². The van der Waals surface area contributed by atoms with E-state index < -0.39 is 10.0 Å². The third kappa shape index (κ3) is 3.57.